The minimum atomic E-state index is -0.415. The fourth-order valence-corrected chi connectivity index (χ4v) is 3.03. The van der Waals surface area contributed by atoms with Crippen molar-refractivity contribution in [2.24, 2.45) is 0 Å². The van der Waals surface area contributed by atoms with Crippen molar-refractivity contribution >= 4 is 75.3 Å². The maximum atomic E-state index is 12.1. The number of hydrogen-bond acceptors (Lipinski definition) is 4. The fraction of sp³-hybridized carbons (Fsp3) is 0.0625. The molecule has 0 aliphatic heterocycles. The molecule has 1 aromatic heterocycles. The summed E-state index contributed by atoms with van der Waals surface area (Å²) >= 11 is 12.7. The smallest absolute Gasteiger partial charge is 0.297 e. The third-order valence-electron chi connectivity index (χ3n) is 3.17. The molecule has 0 unspecified atom stereocenters. The van der Waals surface area contributed by atoms with Gasteiger partial charge in [0.05, 0.1) is 6.54 Å². The molecule has 1 heterocycles. The van der Waals surface area contributed by atoms with Crippen molar-refractivity contribution in [1.82, 2.24) is 8.94 Å². The molecule has 123 valence electrons. The molecular formula is C16H11Cl2N3NaO2S. The van der Waals surface area contributed by atoms with Crippen LogP contribution in [0.3, 0.4) is 0 Å². The van der Waals surface area contributed by atoms with Gasteiger partial charge in [-0.25, -0.2) is 8.75 Å². The maximum absolute atomic E-state index is 12.1. The Morgan fingerprint density at radius 1 is 1.04 bits per heavy atom. The van der Waals surface area contributed by atoms with E-state index in [1.165, 1.54) is 3.96 Å². The third-order valence-corrected chi connectivity index (χ3v) is 4.55. The van der Waals surface area contributed by atoms with Crippen LogP contribution in [0.1, 0.15) is 15.9 Å². The Morgan fingerprint density at radius 3 is 2.20 bits per heavy atom. The van der Waals surface area contributed by atoms with Crippen LogP contribution in [0.25, 0.3) is 0 Å². The molecule has 3 rings (SSSR count). The van der Waals surface area contributed by atoms with Crippen LogP contribution < -0.4 is 11.0 Å². The zero-order chi connectivity index (χ0) is 17.1. The standard InChI is InChI=1S/C16H11Cl2N3O2S.Na/c17-12-5-1-10(2-6-12)9-21-16(23)20-15(24-21)19-14(22)11-3-7-13(18)8-4-11;/h1-8H,9H2,(H,19,20,22,23);. The number of carbonyl (C=O) groups excluding carboxylic acids is 1. The molecule has 0 atom stereocenters. The van der Waals surface area contributed by atoms with Gasteiger partial charge in [-0.1, -0.05) is 35.3 Å². The Hall–Kier alpha value is -1.15. The first-order valence-electron chi connectivity index (χ1n) is 6.91. The van der Waals surface area contributed by atoms with Gasteiger partial charge in [0.25, 0.3) is 5.91 Å². The average molecular weight is 403 g/mol. The number of nitrogens with one attached hydrogen (secondary N) is 1. The van der Waals surface area contributed by atoms with Gasteiger partial charge < -0.3 is 0 Å². The van der Waals surface area contributed by atoms with Gasteiger partial charge in [0.1, 0.15) is 0 Å². The van der Waals surface area contributed by atoms with Crippen LogP contribution in [-0.2, 0) is 6.54 Å². The van der Waals surface area contributed by atoms with Crippen LogP contribution in [0.4, 0.5) is 5.13 Å². The predicted molar refractivity (Wildman–Crippen MR) is 102 cm³/mol. The zero-order valence-corrected chi connectivity index (χ0v) is 17.5. The summed E-state index contributed by atoms with van der Waals surface area (Å²) in [5, 5.41) is 4.04. The van der Waals surface area contributed by atoms with E-state index in [1.54, 1.807) is 36.4 Å². The summed E-state index contributed by atoms with van der Waals surface area (Å²) in [6.07, 6.45) is 0. The summed E-state index contributed by atoms with van der Waals surface area (Å²) in [7, 11) is 0. The second-order valence-electron chi connectivity index (χ2n) is 4.91. The van der Waals surface area contributed by atoms with E-state index >= 15 is 0 Å². The second-order valence-corrected chi connectivity index (χ2v) is 6.80. The monoisotopic (exact) mass is 402 g/mol. The molecule has 0 aliphatic carbocycles. The molecule has 0 bridgehead atoms. The number of aromatic nitrogens is 2. The molecule has 0 fully saturated rings. The van der Waals surface area contributed by atoms with Gasteiger partial charge in [0.15, 0.2) is 0 Å². The van der Waals surface area contributed by atoms with E-state index in [-0.39, 0.29) is 40.6 Å². The molecule has 3 aromatic rings. The average Bonchev–Trinajstić information content (AvgIpc) is 2.89. The van der Waals surface area contributed by atoms with Crippen molar-refractivity contribution < 1.29 is 4.79 Å². The molecule has 1 radical (unpaired) electrons. The summed E-state index contributed by atoms with van der Waals surface area (Å²) < 4.78 is 1.46. The van der Waals surface area contributed by atoms with E-state index in [4.69, 9.17) is 23.2 Å². The van der Waals surface area contributed by atoms with E-state index in [9.17, 15) is 9.59 Å². The van der Waals surface area contributed by atoms with Crippen LogP contribution in [0.2, 0.25) is 10.0 Å². The van der Waals surface area contributed by atoms with Crippen LogP contribution in [0, 0.1) is 0 Å². The minimum Gasteiger partial charge on any atom is -0.297 e. The maximum Gasteiger partial charge on any atom is 0.360 e. The third kappa shape index (κ3) is 5.41. The quantitative estimate of drug-likeness (QED) is 0.678. The van der Waals surface area contributed by atoms with E-state index < -0.39 is 5.69 Å². The Morgan fingerprint density at radius 2 is 1.60 bits per heavy atom. The van der Waals surface area contributed by atoms with E-state index in [0.29, 0.717) is 22.2 Å². The molecule has 0 spiro atoms. The number of carbonyl (C=O) groups is 1. The molecule has 25 heavy (non-hydrogen) atoms. The van der Waals surface area contributed by atoms with Gasteiger partial charge in [-0.05, 0) is 53.5 Å². The first kappa shape index (κ1) is 20.2. The van der Waals surface area contributed by atoms with Crippen molar-refractivity contribution in [3.8, 4) is 0 Å². The molecule has 0 aliphatic rings. The summed E-state index contributed by atoms with van der Waals surface area (Å²) in [5.41, 5.74) is 0.938. The largest absolute Gasteiger partial charge is 0.360 e. The van der Waals surface area contributed by atoms with Crippen molar-refractivity contribution in [2.75, 3.05) is 5.32 Å². The molecule has 1 N–H and O–H groups in total. The van der Waals surface area contributed by atoms with Crippen LogP contribution in [0.5, 0.6) is 0 Å². The number of nitrogens with zero attached hydrogens (tertiary/aromatic N) is 2. The fourth-order valence-electron chi connectivity index (χ4n) is 1.98. The summed E-state index contributed by atoms with van der Waals surface area (Å²) in [6.45, 7) is 0.366. The van der Waals surface area contributed by atoms with Gasteiger partial charge in [0, 0.05) is 45.2 Å². The van der Waals surface area contributed by atoms with E-state index in [0.717, 1.165) is 17.1 Å². The van der Waals surface area contributed by atoms with E-state index in [1.807, 2.05) is 12.1 Å². The Bertz CT molecular complexity index is 924. The topological polar surface area (TPSA) is 64.0 Å². The summed E-state index contributed by atoms with van der Waals surface area (Å²) in [6, 6.07) is 13.6. The van der Waals surface area contributed by atoms with Crippen molar-refractivity contribution in [3.63, 3.8) is 0 Å². The summed E-state index contributed by atoms with van der Waals surface area (Å²) in [5.74, 6) is -0.348. The SMILES string of the molecule is O=C(Nc1nc(=O)n(Cc2ccc(Cl)cc2)s1)c1ccc(Cl)cc1.[Na]. The first-order valence-corrected chi connectivity index (χ1v) is 8.44. The molecule has 0 saturated heterocycles. The Labute approximate surface area is 180 Å². The number of rotatable bonds is 4. The molecule has 1 amide bonds. The van der Waals surface area contributed by atoms with Gasteiger partial charge >= 0.3 is 5.69 Å². The Kier molecular flexibility index (Phi) is 7.25. The predicted octanol–water partition coefficient (Wildman–Crippen LogP) is 3.53. The molecule has 5 nitrogen and oxygen atoms in total. The van der Waals surface area contributed by atoms with Crippen molar-refractivity contribution in [2.45, 2.75) is 6.54 Å². The molecule has 0 saturated carbocycles. The minimum absolute atomic E-state index is 0. The van der Waals surface area contributed by atoms with Crippen LogP contribution in [0.15, 0.2) is 53.3 Å². The Balaban J connectivity index is 0.00000225. The molecule has 2 aromatic carbocycles. The normalized spacial score (nSPS) is 10.2. The number of amides is 1. The van der Waals surface area contributed by atoms with Crippen LogP contribution >= 0.6 is 34.7 Å². The molecule has 9 heteroatoms. The van der Waals surface area contributed by atoms with Crippen molar-refractivity contribution in [3.05, 3.63) is 80.2 Å². The second kappa shape index (κ2) is 8.98. The van der Waals surface area contributed by atoms with Crippen molar-refractivity contribution in [1.29, 1.82) is 0 Å². The number of anilines is 1. The first-order chi connectivity index (χ1) is 11.5. The number of hydrogen-bond donors (Lipinski definition) is 1. The summed E-state index contributed by atoms with van der Waals surface area (Å²) in [4.78, 5) is 27.9. The van der Waals surface area contributed by atoms with Gasteiger partial charge in [-0.15, -0.1) is 0 Å². The number of benzene rings is 2. The van der Waals surface area contributed by atoms with E-state index in [2.05, 4.69) is 10.3 Å². The van der Waals surface area contributed by atoms with Gasteiger partial charge in [-0.2, -0.15) is 4.98 Å². The zero-order valence-electron chi connectivity index (χ0n) is 13.2. The van der Waals surface area contributed by atoms with Gasteiger partial charge in [-0.3, -0.25) is 10.1 Å². The molecular weight excluding hydrogens is 392 g/mol. The number of halogens is 2. The van der Waals surface area contributed by atoms with Gasteiger partial charge in [0.2, 0.25) is 5.13 Å². The van der Waals surface area contributed by atoms with Crippen LogP contribution in [-0.4, -0.2) is 44.4 Å².